The van der Waals surface area contributed by atoms with Crippen molar-refractivity contribution in [2.45, 2.75) is 46.6 Å². The summed E-state index contributed by atoms with van der Waals surface area (Å²) < 4.78 is 12.7. The summed E-state index contributed by atoms with van der Waals surface area (Å²) in [6.45, 7) is 7.23. The van der Waals surface area contributed by atoms with Crippen LogP contribution in [0.5, 0.6) is 5.75 Å². The molecule has 1 atom stereocenters. The molecule has 3 aromatic rings. The van der Waals surface area contributed by atoms with Crippen molar-refractivity contribution >= 4 is 60.3 Å². The van der Waals surface area contributed by atoms with Gasteiger partial charge in [-0.2, -0.15) is 0 Å². The number of halogens is 2. The van der Waals surface area contributed by atoms with Crippen molar-refractivity contribution in [2.75, 3.05) is 7.11 Å². The number of amides is 1. The highest BCUT2D eigenvalue weighted by molar-refractivity contribution is 9.11. The van der Waals surface area contributed by atoms with Crippen molar-refractivity contribution in [1.29, 1.82) is 0 Å². The maximum absolute atomic E-state index is 13.4. The van der Waals surface area contributed by atoms with E-state index in [-0.39, 0.29) is 11.3 Å². The molecule has 0 unspecified atom stereocenters. The minimum absolute atomic E-state index is 0.113. The number of methoxy groups -OCH3 is 1. The summed E-state index contributed by atoms with van der Waals surface area (Å²) in [5.74, 6) is 1.89. The summed E-state index contributed by atoms with van der Waals surface area (Å²) in [6.07, 6.45) is 6.32. The van der Waals surface area contributed by atoms with Crippen molar-refractivity contribution in [3.63, 3.8) is 0 Å². The average Bonchev–Trinajstić information content (AvgIpc) is 3.42. The predicted octanol–water partition coefficient (Wildman–Crippen LogP) is 7.71. The molecule has 0 radical (unpaired) electrons. The van der Waals surface area contributed by atoms with Crippen LogP contribution in [0.3, 0.4) is 0 Å². The molecule has 1 aromatic carbocycles. The van der Waals surface area contributed by atoms with E-state index >= 15 is 0 Å². The normalized spacial score (nSPS) is 16.0. The van der Waals surface area contributed by atoms with Gasteiger partial charge in [0.2, 0.25) is 0 Å². The lowest BCUT2D eigenvalue weighted by Gasteiger charge is -2.33. The van der Waals surface area contributed by atoms with Gasteiger partial charge in [0.15, 0.2) is 0 Å². The lowest BCUT2D eigenvalue weighted by atomic mass is 9.72. The van der Waals surface area contributed by atoms with Crippen LogP contribution in [0.4, 0.5) is 5.00 Å². The molecule has 1 N–H and O–H groups in total. The van der Waals surface area contributed by atoms with E-state index in [0.717, 1.165) is 50.1 Å². The predicted molar refractivity (Wildman–Crippen MR) is 145 cm³/mol. The van der Waals surface area contributed by atoms with Crippen molar-refractivity contribution in [3.05, 3.63) is 66.8 Å². The molecule has 0 saturated heterocycles. The van der Waals surface area contributed by atoms with Crippen LogP contribution in [0.2, 0.25) is 0 Å². The number of carbonyl (C=O) groups is 1. The minimum Gasteiger partial charge on any atom is -0.495 e. The van der Waals surface area contributed by atoms with Gasteiger partial charge in [-0.25, -0.2) is 4.99 Å². The molecule has 2 heterocycles. The number of hydrogen-bond acceptors (Lipinski definition) is 5. The molecular weight excluding hydrogens is 580 g/mol. The van der Waals surface area contributed by atoms with E-state index in [2.05, 4.69) is 57.9 Å². The second kappa shape index (κ2) is 10.4. The topological polar surface area (TPSA) is 63.8 Å². The standard InChI is InChI=1S/C26H28Br2N2O3S/c1-26(2,3)16-7-8-19-21(11-16)34-25(22(19)24(31)29-14-18-6-5-9-33-18)30-13-15-10-17(27)12-20(28)23(15)32-4/h5-6,9-10,12-13,16H,7-8,11,14H2,1-4H3,(H,29,31)/t16-/m0/s1. The average molecular weight is 608 g/mol. The van der Waals surface area contributed by atoms with E-state index in [1.165, 1.54) is 4.88 Å². The zero-order chi connectivity index (χ0) is 24.5. The fourth-order valence-corrected chi connectivity index (χ4v) is 7.01. The Labute approximate surface area is 221 Å². The van der Waals surface area contributed by atoms with E-state index in [1.807, 2.05) is 24.3 Å². The summed E-state index contributed by atoms with van der Waals surface area (Å²) in [5, 5.41) is 3.75. The highest BCUT2D eigenvalue weighted by Gasteiger charge is 2.33. The Morgan fingerprint density at radius 2 is 2.15 bits per heavy atom. The van der Waals surface area contributed by atoms with Crippen molar-refractivity contribution < 1.29 is 13.9 Å². The molecule has 180 valence electrons. The van der Waals surface area contributed by atoms with Gasteiger partial charge in [-0.05, 0) is 76.4 Å². The van der Waals surface area contributed by atoms with Gasteiger partial charge in [0, 0.05) is 21.1 Å². The van der Waals surface area contributed by atoms with Crippen LogP contribution in [-0.4, -0.2) is 19.2 Å². The molecule has 0 fully saturated rings. The minimum atomic E-state index is -0.113. The zero-order valence-corrected chi connectivity index (χ0v) is 23.7. The highest BCUT2D eigenvalue weighted by atomic mass is 79.9. The third-order valence-electron chi connectivity index (χ3n) is 6.26. The van der Waals surface area contributed by atoms with Crippen LogP contribution < -0.4 is 10.1 Å². The molecule has 0 saturated carbocycles. The monoisotopic (exact) mass is 606 g/mol. The number of carbonyl (C=O) groups excluding carboxylic acids is 1. The van der Waals surface area contributed by atoms with Gasteiger partial charge in [-0.15, -0.1) is 11.3 Å². The van der Waals surface area contributed by atoms with Crippen LogP contribution in [0.25, 0.3) is 0 Å². The first-order chi connectivity index (χ1) is 16.2. The van der Waals surface area contributed by atoms with Gasteiger partial charge in [-0.3, -0.25) is 4.79 Å². The molecule has 34 heavy (non-hydrogen) atoms. The van der Waals surface area contributed by atoms with Gasteiger partial charge < -0.3 is 14.5 Å². The first-order valence-electron chi connectivity index (χ1n) is 11.2. The Kier molecular flexibility index (Phi) is 7.69. The molecule has 4 rings (SSSR count). The highest BCUT2D eigenvalue weighted by Crippen LogP contribution is 2.45. The largest absolute Gasteiger partial charge is 0.495 e. The number of furan rings is 1. The van der Waals surface area contributed by atoms with E-state index in [4.69, 9.17) is 14.1 Å². The first-order valence-corrected chi connectivity index (χ1v) is 13.6. The van der Waals surface area contributed by atoms with Crippen molar-refractivity contribution in [3.8, 4) is 5.75 Å². The van der Waals surface area contributed by atoms with Gasteiger partial charge in [0.05, 0.1) is 30.0 Å². The van der Waals surface area contributed by atoms with E-state index in [9.17, 15) is 4.79 Å². The quantitative estimate of drug-likeness (QED) is 0.292. The molecule has 5 nitrogen and oxygen atoms in total. The summed E-state index contributed by atoms with van der Waals surface area (Å²) in [6, 6.07) is 7.56. The Morgan fingerprint density at radius 1 is 1.35 bits per heavy atom. The van der Waals surface area contributed by atoms with Crippen LogP contribution in [0, 0.1) is 11.3 Å². The Hall–Kier alpha value is -1.90. The molecule has 2 aromatic heterocycles. The number of rotatable bonds is 6. The maximum atomic E-state index is 13.4. The van der Waals surface area contributed by atoms with E-state index in [0.29, 0.717) is 23.8 Å². The van der Waals surface area contributed by atoms with Gasteiger partial charge in [0.1, 0.15) is 16.5 Å². The first kappa shape index (κ1) is 25.2. The molecular formula is C26H28Br2N2O3S. The second-order valence-corrected chi connectivity index (χ2v) is 12.4. The number of thiophene rings is 1. The van der Waals surface area contributed by atoms with E-state index < -0.39 is 0 Å². The number of aliphatic imine (C=N–C) groups is 1. The molecule has 0 bridgehead atoms. The number of fused-ring (bicyclic) bond motifs is 1. The van der Waals surface area contributed by atoms with Crippen LogP contribution in [-0.2, 0) is 19.4 Å². The molecule has 1 aliphatic rings. The maximum Gasteiger partial charge on any atom is 0.255 e. The Balaban J connectivity index is 1.70. The van der Waals surface area contributed by atoms with Gasteiger partial charge in [-0.1, -0.05) is 36.7 Å². The lowest BCUT2D eigenvalue weighted by molar-refractivity contribution is 0.0947. The van der Waals surface area contributed by atoms with Gasteiger partial charge in [0.25, 0.3) is 5.91 Å². The van der Waals surface area contributed by atoms with E-state index in [1.54, 1.807) is 30.9 Å². The lowest BCUT2D eigenvalue weighted by Crippen LogP contribution is -2.28. The third kappa shape index (κ3) is 5.50. The number of ether oxygens (including phenoxy) is 1. The fourth-order valence-electron chi connectivity index (χ4n) is 4.32. The number of hydrogen-bond donors (Lipinski definition) is 1. The van der Waals surface area contributed by atoms with Crippen LogP contribution >= 0.6 is 43.2 Å². The molecule has 1 aliphatic carbocycles. The fraction of sp³-hybridized carbons (Fsp3) is 0.385. The van der Waals surface area contributed by atoms with Crippen molar-refractivity contribution in [1.82, 2.24) is 5.32 Å². The summed E-state index contributed by atoms with van der Waals surface area (Å²) >= 11 is 8.71. The van der Waals surface area contributed by atoms with Gasteiger partial charge >= 0.3 is 0 Å². The molecule has 0 aliphatic heterocycles. The molecule has 1 amide bonds. The Bertz CT molecular complexity index is 1210. The van der Waals surface area contributed by atoms with Crippen LogP contribution in [0.15, 0.2) is 48.9 Å². The third-order valence-corrected chi connectivity index (χ3v) is 8.47. The summed E-state index contributed by atoms with van der Waals surface area (Å²) in [4.78, 5) is 19.4. The summed E-state index contributed by atoms with van der Waals surface area (Å²) in [5.41, 5.74) is 2.87. The number of benzene rings is 1. The summed E-state index contributed by atoms with van der Waals surface area (Å²) in [7, 11) is 1.63. The molecule has 0 spiro atoms. The Morgan fingerprint density at radius 3 is 2.82 bits per heavy atom. The zero-order valence-electron chi connectivity index (χ0n) is 19.7. The number of nitrogens with zero attached hydrogens (tertiary/aromatic N) is 1. The van der Waals surface area contributed by atoms with Crippen molar-refractivity contribution in [2.24, 2.45) is 16.3 Å². The van der Waals surface area contributed by atoms with Crippen LogP contribution in [0.1, 0.15) is 59.3 Å². The number of nitrogens with one attached hydrogen (secondary N) is 1. The second-order valence-electron chi connectivity index (χ2n) is 9.52. The SMILES string of the molecule is COc1c(Br)cc(Br)cc1C=Nc1sc2c(c1C(=O)NCc1ccco1)CC[C@H](C(C)(C)C)C2. The smallest absolute Gasteiger partial charge is 0.255 e. The molecule has 8 heteroatoms.